The minimum atomic E-state index is -3.68. The zero-order valence-electron chi connectivity index (χ0n) is 12.1. The van der Waals surface area contributed by atoms with Crippen LogP contribution in [0.25, 0.3) is 0 Å². The van der Waals surface area contributed by atoms with Crippen molar-refractivity contribution in [3.63, 3.8) is 0 Å². The molecule has 0 radical (unpaired) electrons. The van der Waals surface area contributed by atoms with Crippen molar-refractivity contribution in [2.75, 3.05) is 18.5 Å². The Balaban J connectivity index is 0.00000192. The van der Waals surface area contributed by atoms with Crippen LogP contribution in [-0.4, -0.2) is 31.5 Å². The summed E-state index contributed by atoms with van der Waals surface area (Å²) < 4.78 is 39.7. The summed E-state index contributed by atoms with van der Waals surface area (Å²) in [6, 6.07) is 3.38. The van der Waals surface area contributed by atoms with Crippen LogP contribution < -0.4 is 20.5 Å². The summed E-state index contributed by atoms with van der Waals surface area (Å²) in [4.78, 5) is 12.1. The molecule has 2 aliphatic rings. The Kier molecular flexibility index (Phi) is 5.28. The van der Waals surface area contributed by atoms with Crippen LogP contribution in [0.15, 0.2) is 18.2 Å². The van der Waals surface area contributed by atoms with Crippen molar-refractivity contribution < 1.29 is 27.8 Å². The molecule has 0 bridgehead atoms. The Hall–Kier alpha value is -1.64. The molecule has 1 atom stereocenters. The van der Waals surface area contributed by atoms with E-state index in [0.717, 1.165) is 12.8 Å². The maximum Gasteiger partial charge on any atom is 0.586 e. The lowest BCUT2D eigenvalue weighted by Gasteiger charge is -2.26. The van der Waals surface area contributed by atoms with Crippen molar-refractivity contribution in [1.29, 1.82) is 0 Å². The molecule has 0 aromatic heterocycles. The van der Waals surface area contributed by atoms with Crippen LogP contribution in [0.5, 0.6) is 11.5 Å². The van der Waals surface area contributed by atoms with Gasteiger partial charge in [0.1, 0.15) is 0 Å². The number of hydrogen-bond acceptors (Lipinski definition) is 5. The summed E-state index contributed by atoms with van der Waals surface area (Å²) >= 11 is 0. The van der Waals surface area contributed by atoms with Gasteiger partial charge in [0.05, 0.1) is 6.04 Å². The van der Waals surface area contributed by atoms with Gasteiger partial charge in [0.25, 0.3) is 0 Å². The van der Waals surface area contributed by atoms with Crippen LogP contribution in [0, 0.1) is 5.92 Å². The molecule has 1 aromatic carbocycles. The average Bonchev–Trinajstić information content (AvgIpc) is 2.80. The van der Waals surface area contributed by atoms with Gasteiger partial charge in [0.2, 0.25) is 5.91 Å². The number of nitrogens with one attached hydrogen (secondary N) is 1. The Morgan fingerprint density at radius 3 is 2.61 bits per heavy atom. The smallest absolute Gasteiger partial charge is 0.395 e. The molecule has 0 saturated carbocycles. The van der Waals surface area contributed by atoms with Gasteiger partial charge in [-0.3, -0.25) is 4.79 Å². The van der Waals surface area contributed by atoms with E-state index in [1.165, 1.54) is 18.2 Å². The second-order valence-corrected chi connectivity index (χ2v) is 5.29. The molecule has 0 spiro atoms. The summed E-state index contributed by atoms with van der Waals surface area (Å²) in [7, 11) is 0. The number of carbonyl (C=O) groups excluding carboxylic acids is 1. The van der Waals surface area contributed by atoms with Crippen LogP contribution >= 0.6 is 12.4 Å². The topological polar surface area (TPSA) is 82.8 Å². The van der Waals surface area contributed by atoms with Crippen molar-refractivity contribution in [3.8, 4) is 11.5 Å². The van der Waals surface area contributed by atoms with Gasteiger partial charge in [-0.1, -0.05) is 0 Å². The molecule has 128 valence electrons. The van der Waals surface area contributed by atoms with E-state index in [1.807, 2.05) is 0 Å². The van der Waals surface area contributed by atoms with E-state index >= 15 is 0 Å². The second kappa shape index (κ2) is 6.86. The number of nitrogens with two attached hydrogens (primary N) is 1. The minimum Gasteiger partial charge on any atom is -0.395 e. The van der Waals surface area contributed by atoms with Gasteiger partial charge in [0.15, 0.2) is 11.5 Å². The predicted octanol–water partition coefficient (Wildman–Crippen LogP) is 2.12. The van der Waals surface area contributed by atoms with Gasteiger partial charge in [-0.2, -0.15) is 0 Å². The lowest BCUT2D eigenvalue weighted by atomic mass is 9.92. The number of rotatable bonds is 3. The summed E-state index contributed by atoms with van der Waals surface area (Å²) in [6.45, 7) is 1.18. The zero-order valence-corrected chi connectivity index (χ0v) is 12.9. The van der Waals surface area contributed by atoms with Crippen LogP contribution in [0.2, 0.25) is 0 Å². The number of hydrogen-bond donors (Lipinski definition) is 2. The lowest BCUT2D eigenvalue weighted by molar-refractivity contribution is -0.286. The number of fused-ring (bicyclic) bond motifs is 1. The number of ether oxygens (including phenoxy) is 3. The highest BCUT2D eigenvalue weighted by Gasteiger charge is 2.43. The molecular formula is C14H17ClF2N2O4. The molecule has 6 nitrogen and oxygen atoms in total. The predicted molar refractivity (Wildman–Crippen MR) is 80.0 cm³/mol. The number of anilines is 1. The molecule has 1 unspecified atom stereocenters. The third kappa shape index (κ3) is 4.01. The van der Waals surface area contributed by atoms with Gasteiger partial charge in [-0.25, -0.2) is 0 Å². The summed E-state index contributed by atoms with van der Waals surface area (Å²) in [5.74, 6) is -0.510. The first-order valence-corrected chi connectivity index (χ1v) is 6.99. The number of alkyl halides is 2. The van der Waals surface area contributed by atoms with Crippen molar-refractivity contribution in [3.05, 3.63) is 18.2 Å². The first-order chi connectivity index (χ1) is 10.4. The third-order valence-corrected chi connectivity index (χ3v) is 3.75. The molecule has 9 heteroatoms. The fraction of sp³-hybridized carbons (Fsp3) is 0.500. The van der Waals surface area contributed by atoms with Crippen molar-refractivity contribution >= 4 is 24.0 Å². The lowest BCUT2D eigenvalue weighted by Crippen LogP contribution is -2.43. The maximum atomic E-state index is 12.9. The molecule has 1 saturated heterocycles. The Morgan fingerprint density at radius 2 is 1.91 bits per heavy atom. The molecule has 1 fully saturated rings. The first-order valence-electron chi connectivity index (χ1n) is 6.99. The summed E-state index contributed by atoms with van der Waals surface area (Å²) in [5.41, 5.74) is 6.28. The monoisotopic (exact) mass is 350 g/mol. The minimum absolute atomic E-state index is 0. The van der Waals surface area contributed by atoms with Gasteiger partial charge in [-0.05, 0) is 30.9 Å². The van der Waals surface area contributed by atoms with Crippen molar-refractivity contribution in [2.24, 2.45) is 11.7 Å². The van der Waals surface area contributed by atoms with Gasteiger partial charge >= 0.3 is 6.29 Å². The molecule has 2 heterocycles. The van der Waals surface area contributed by atoms with E-state index in [0.29, 0.717) is 18.9 Å². The van der Waals surface area contributed by atoms with Crippen LogP contribution in [0.1, 0.15) is 12.8 Å². The Bertz CT molecular complexity index is 582. The summed E-state index contributed by atoms with van der Waals surface area (Å²) in [6.07, 6.45) is -2.23. The molecule has 3 N–H and O–H groups in total. The standard InChI is InChI=1S/C14H16F2N2O4.ClH/c15-14(16)21-10-2-1-9(7-11(10)22-14)18-13(19)12(17)8-3-5-20-6-4-8;/h1-2,7-8,12H,3-6,17H2,(H,18,19);1H. The van der Waals surface area contributed by atoms with Gasteiger partial charge in [-0.15, -0.1) is 21.2 Å². The quantitative estimate of drug-likeness (QED) is 0.872. The molecule has 1 amide bonds. The number of benzene rings is 1. The second-order valence-electron chi connectivity index (χ2n) is 5.29. The number of carbonyl (C=O) groups is 1. The highest BCUT2D eigenvalue weighted by Crippen LogP contribution is 2.42. The van der Waals surface area contributed by atoms with Gasteiger partial charge in [0, 0.05) is 25.0 Å². The molecular weight excluding hydrogens is 334 g/mol. The highest BCUT2D eigenvalue weighted by molar-refractivity contribution is 5.95. The SMILES string of the molecule is Cl.NC(C(=O)Nc1ccc2c(c1)OC(F)(F)O2)C1CCOCC1. The molecule has 2 aliphatic heterocycles. The molecule has 0 aliphatic carbocycles. The highest BCUT2D eigenvalue weighted by atomic mass is 35.5. The Morgan fingerprint density at radius 1 is 1.26 bits per heavy atom. The van der Waals surface area contributed by atoms with E-state index in [9.17, 15) is 13.6 Å². The fourth-order valence-electron chi connectivity index (χ4n) is 2.54. The van der Waals surface area contributed by atoms with E-state index in [-0.39, 0.29) is 35.7 Å². The van der Waals surface area contributed by atoms with E-state index < -0.39 is 12.3 Å². The van der Waals surface area contributed by atoms with Crippen LogP contribution in [0.3, 0.4) is 0 Å². The number of amides is 1. The summed E-state index contributed by atoms with van der Waals surface area (Å²) in [5, 5.41) is 2.61. The van der Waals surface area contributed by atoms with E-state index in [2.05, 4.69) is 14.8 Å². The Labute approximate surface area is 137 Å². The largest absolute Gasteiger partial charge is 0.586 e. The van der Waals surface area contributed by atoms with E-state index in [1.54, 1.807) is 0 Å². The van der Waals surface area contributed by atoms with Crippen LogP contribution in [0.4, 0.5) is 14.5 Å². The van der Waals surface area contributed by atoms with Crippen LogP contribution in [-0.2, 0) is 9.53 Å². The molecule has 1 aromatic rings. The third-order valence-electron chi connectivity index (χ3n) is 3.75. The van der Waals surface area contributed by atoms with E-state index in [4.69, 9.17) is 10.5 Å². The molecule has 3 rings (SSSR count). The normalized spacial score (nSPS) is 20.5. The van der Waals surface area contributed by atoms with Crippen molar-refractivity contribution in [2.45, 2.75) is 25.2 Å². The van der Waals surface area contributed by atoms with Gasteiger partial charge < -0.3 is 25.3 Å². The maximum absolute atomic E-state index is 12.9. The fourth-order valence-corrected chi connectivity index (χ4v) is 2.54. The molecule has 23 heavy (non-hydrogen) atoms. The first kappa shape index (κ1) is 17.7. The average molecular weight is 351 g/mol. The number of halogens is 3. The van der Waals surface area contributed by atoms with Crippen molar-refractivity contribution in [1.82, 2.24) is 0 Å². The zero-order chi connectivity index (χ0) is 15.7.